The van der Waals surface area contributed by atoms with Crippen molar-refractivity contribution in [2.45, 2.75) is 44.5 Å². The number of halogens is 1. The number of ether oxygens (including phenoxy) is 2. The smallest absolute Gasteiger partial charge is 0.271 e. The second-order valence-corrected chi connectivity index (χ2v) is 9.61. The number of hydrogen-bond donors (Lipinski definition) is 1. The summed E-state index contributed by atoms with van der Waals surface area (Å²) in [6.07, 6.45) is 1.94. The molecule has 0 radical (unpaired) electrons. The van der Waals surface area contributed by atoms with Crippen LogP contribution in [0.2, 0.25) is 5.02 Å². The molecule has 7 nitrogen and oxygen atoms in total. The molecule has 3 heterocycles. The highest BCUT2D eigenvalue weighted by Crippen LogP contribution is 2.35. The van der Waals surface area contributed by atoms with Gasteiger partial charge in [0, 0.05) is 36.2 Å². The predicted molar refractivity (Wildman–Crippen MR) is 130 cm³/mol. The maximum absolute atomic E-state index is 13.8. The Balaban J connectivity index is 1.53. The number of carbonyl (C=O) groups excluding carboxylic acids is 2. The summed E-state index contributed by atoms with van der Waals surface area (Å²) in [6.45, 7) is 3.62. The van der Waals surface area contributed by atoms with E-state index in [4.69, 9.17) is 21.1 Å². The van der Waals surface area contributed by atoms with E-state index in [-0.39, 0.29) is 17.9 Å². The zero-order chi connectivity index (χ0) is 23.9. The molecule has 2 aromatic carbocycles. The summed E-state index contributed by atoms with van der Waals surface area (Å²) >= 11 is 6.06. The van der Waals surface area contributed by atoms with Gasteiger partial charge >= 0.3 is 0 Å². The van der Waals surface area contributed by atoms with Crippen LogP contribution in [0.3, 0.4) is 0 Å². The number of methoxy groups -OCH3 is 1. The third kappa shape index (κ3) is 4.03. The summed E-state index contributed by atoms with van der Waals surface area (Å²) in [4.78, 5) is 29.2. The van der Waals surface area contributed by atoms with Gasteiger partial charge in [-0.15, -0.1) is 0 Å². The summed E-state index contributed by atoms with van der Waals surface area (Å²) in [5.74, 6) is 0.320. The quantitative estimate of drug-likeness (QED) is 0.577. The van der Waals surface area contributed by atoms with Crippen molar-refractivity contribution < 1.29 is 19.1 Å². The van der Waals surface area contributed by atoms with Crippen molar-refractivity contribution in [3.05, 3.63) is 64.8 Å². The van der Waals surface area contributed by atoms with E-state index in [1.54, 1.807) is 24.1 Å². The molecule has 0 bridgehead atoms. The second kappa shape index (κ2) is 8.96. The Hall–Kier alpha value is -3.03. The SMILES string of the molecule is COc1ccc2cc3n(c2c1)C[C@](C)(C(=O)NC[C@H]1CCCO1)N(Cc1ccc(Cl)cc1)C3=O. The summed E-state index contributed by atoms with van der Waals surface area (Å²) in [5.41, 5.74) is 1.23. The van der Waals surface area contributed by atoms with Gasteiger partial charge < -0.3 is 24.3 Å². The van der Waals surface area contributed by atoms with E-state index in [1.165, 1.54) is 0 Å². The molecule has 0 unspecified atom stereocenters. The van der Waals surface area contributed by atoms with Crippen molar-refractivity contribution in [1.82, 2.24) is 14.8 Å². The standard InChI is InChI=1S/C26H28ClN3O4/c1-26(25(32)28-14-21-4-3-11-34-21)16-29-22-13-20(33-2)10-7-18(22)12-23(29)24(31)30(26)15-17-5-8-19(27)9-6-17/h5-10,12-13,21H,3-4,11,14-16H2,1-2H3,(H,28,32)/t21-,26-/m1/s1. The van der Waals surface area contributed by atoms with Gasteiger partial charge in [0.1, 0.15) is 17.0 Å². The maximum Gasteiger partial charge on any atom is 0.271 e. The van der Waals surface area contributed by atoms with Gasteiger partial charge in [0.05, 0.1) is 25.3 Å². The van der Waals surface area contributed by atoms with E-state index in [0.29, 0.717) is 36.1 Å². The van der Waals surface area contributed by atoms with E-state index in [0.717, 1.165) is 35.9 Å². The number of nitrogens with zero attached hydrogens (tertiary/aromatic N) is 2. The molecule has 0 spiro atoms. The van der Waals surface area contributed by atoms with Gasteiger partial charge in [0.25, 0.3) is 5.91 Å². The monoisotopic (exact) mass is 481 g/mol. The van der Waals surface area contributed by atoms with Gasteiger partial charge in [0.15, 0.2) is 0 Å². The summed E-state index contributed by atoms with van der Waals surface area (Å²) in [7, 11) is 1.61. The highest BCUT2D eigenvalue weighted by atomic mass is 35.5. The van der Waals surface area contributed by atoms with Gasteiger partial charge in [-0.2, -0.15) is 0 Å². The lowest BCUT2D eigenvalue weighted by atomic mass is 9.93. The number of aromatic nitrogens is 1. The number of rotatable bonds is 6. The molecule has 1 fully saturated rings. The maximum atomic E-state index is 13.8. The molecule has 2 aliphatic rings. The third-order valence-corrected chi connectivity index (χ3v) is 7.15. The number of amides is 2. The average Bonchev–Trinajstić information content (AvgIpc) is 3.49. The van der Waals surface area contributed by atoms with E-state index < -0.39 is 5.54 Å². The van der Waals surface area contributed by atoms with Gasteiger partial charge in [-0.3, -0.25) is 9.59 Å². The first-order valence-electron chi connectivity index (χ1n) is 11.5. The number of fused-ring (bicyclic) bond motifs is 3. The Kier molecular flexibility index (Phi) is 6.00. The predicted octanol–water partition coefficient (Wildman–Crippen LogP) is 4.01. The van der Waals surface area contributed by atoms with Crippen LogP contribution in [0.1, 0.15) is 35.8 Å². The van der Waals surface area contributed by atoms with Crippen LogP contribution in [-0.2, 0) is 22.6 Å². The molecule has 3 aromatic rings. The van der Waals surface area contributed by atoms with E-state index in [2.05, 4.69) is 5.32 Å². The van der Waals surface area contributed by atoms with Crippen LogP contribution in [0.25, 0.3) is 10.9 Å². The van der Waals surface area contributed by atoms with Crippen molar-refractivity contribution in [1.29, 1.82) is 0 Å². The van der Waals surface area contributed by atoms with Gasteiger partial charge in [-0.05, 0) is 55.7 Å². The lowest BCUT2D eigenvalue weighted by molar-refractivity contribution is -0.133. The average molecular weight is 482 g/mol. The van der Waals surface area contributed by atoms with Crippen LogP contribution in [0.4, 0.5) is 0 Å². The zero-order valence-corrected chi connectivity index (χ0v) is 20.1. The molecule has 178 valence electrons. The minimum atomic E-state index is -1.10. The molecular formula is C26H28ClN3O4. The van der Waals surface area contributed by atoms with Crippen LogP contribution >= 0.6 is 11.6 Å². The Morgan fingerprint density at radius 3 is 2.74 bits per heavy atom. The van der Waals surface area contributed by atoms with E-state index in [1.807, 2.05) is 47.9 Å². The van der Waals surface area contributed by atoms with Crippen LogP contribution < -0.4 is 10.1 Å². The van der Waals surface area contributed by atoms with Gasteiger partial charge in [-0.25, -0.2) is 0 Å². The fraction of sp³-hybridized carbons (Fsp3) is 0.385. The molecule has 1 aromatic heterocycles. The minimum absolute atomic E-state index is 0.0174. The molecule has 0 saturated carbocycles. The number of hydrogen-bond acceptors (Lipinski definition) is 4. The fourth-order valence-electron chi connectivity index (χ4n) is 4.88. The molecule has 2 atom stereocenters. The van der Waals surface area contributed by atoms with E-state index >= 15 is 0 Å². The normalized spacial score (nSPS) is 22.1. The second-order valence-electron chi connectivity index (χ2n) is 9.18. The highest BCUT2D eigenvalue weighted by molar-refractivity contribution is 6.30. The van der Waals surface area contributed by atoms with Crippen LogP contribution in [0, 0.1) is 0 Å². The molecular weight excluding hydrogens is 454 g/mol. The Bertz CT molecular complexity index is 1230. The molecule has 5 rings (SSSR count). The molecule has 8 heteroatoms. The largest absolute Gasteiger partial charge is 0.497 e. The molecule has 1 N–H and O–H groups in total. The minimum Gasteiger partial charge on any atom is -0.497 e. The topological polar surface area (TPSA) is 72.8 Å². The van der Waals surface area contributed by atoms with Gasteiger partial charge in [0.2, 0.25) is 5.91 Å². The van der Waals surface area contributed by atoms with Crippen LogP contribution in [-0.4, -0.2) is 53.2 Å². The molecule has 2 amide bonds. The van der Waals surface area contributed by atoms with Crippen molar-refractivity contribution in [3.63, 3.8) is 0 Å². The molecule has 2 aliphatic heterocycles. The van der Waals surface area contributed by atoms with Crippen LogP contribution in [0.15, 0.2) is 48.5 Å². The van der Waals surface area contributed by atoms with Crippen molar-refractivity contribution in [2.75, 3.05) is 20.3 Å². The third-order valence-electron chi connectivity index (χ3n) is 6.89. The Morgan fingerprint density at radius 1 is 1.24 bits per heavy atom. The van der Waals surface area contributed by atoms with Gasteiger partial charge in [-0.1, -0.05) is 23.7 Å². The molecule has 34 heavy (non-hydrogen) atoms. The first-order chi connectivity index (χ1) is 16.4. The lowest BCUT2D eigenvalue weighted by Gasteiger charge is -2.44. The highest BCUT2D eigenvalue weighted by Gasteiger charge is 2.47. The first-order valence-corrected chi connectivity index (χ1v) is 11.9. The van der Waals surface area contributed by atoms with Crippen LogP contribution in [0.5, 0.6) is 5.75 Å². The first kappa shape index (κ1) is 22.7. The Labute approximate surface area is 203 Å². The lowest BCUT2D eigenvalue weighted by Crippen LogP contribution is -2.64. The van der Waals surface area contributed by atoms with Crippen molar-refractivity contribution >= 4 is 34.3 Å². The number of benzene rings is 2. The van der Waals surface area contributed by atoms with Crippen molar-refractivity contribution in [3.8, 4) is 5.75 Å². The van der Waals surface area contributed by atoms with Crippen molar-refractivity contribution in [2.24, 2.45) is 0 Å². The summed E-state index contributed by atoms with van der Waals surface area (Å²) in [5, 5.41) is 4.61. The number of nitrogens with one attached hydrogen (secondary N) is 1. The van der Waals surface area contributed by atoms with E-state index in [9.17, 15) is 9.59 Å². The molecule has 1 saturated heterocycles. The fourth-order valence-corrected chi connectivity index (χ4v) is 5.01. The number of carbonyl (C=O) groups is 2. The zero-order valence-electron chi connectivity index (χ0n) is 19.3. The summed E-state index contributed by atoms with van der Waals surface area (Å²) in [6, 6.07) is 15.0. The summed E-state index contributed by atoms with van der Waals surface area (Å²) < 4.78 is 13.0. The molecule has 0 aliphatic carbocycles. The Morgan fingerprint density at radius 2 is 2.03 bits per heavy atom.